The van der Waals surface area contributed by atoms with Crippen molar-refractivity contribution >= 4 is 7.60 Å². The first-order valence-electron chi connectivity index (χ1n) is 9.46. The summed E-state index contributed by atoms with van der Waals surface area (Å²) in [7, 11) is -3.77. The van der Waals surface area contributed by atoms with Gasteiger partial charge in [-0.05, 0) is 45.1 Å². The van der Waals surface area contributed by atoms with E-state index in [0.717, 1.165) is 19.4 Å². The van der Waals surface area contributed by atoms with E-state index in [1.807, 2.05) is 0 Å². The normalized spacial score (nSPS) is 12.3. The van der Waals surface area contributed by atoms with Crippen LogP contribution in [0.5, 0.6) is 0 Å². The third-order valence-electron chi connectivity index (χ3n) is 4.06. The zero-order chi connectivity index (χ0) is 17.2. The highest BCUT2D eigenvalue weighted by Crippen LogP contribution is 2.35. The average molecular weight is 347 g/mol. The van der Waals surface area contributed by atoms with Crippen molar-refractivity contribution in [2.24, 2.45) is 5.73 Å². The highest BCUT2D eigenvalue weighted by Gasteiger charge is 2.10. The van der Waals surface area contributed by atoms with E-state index < -0.39 is 7.60 Å². The summed E-state index contributed by atoms with van der Waals surface area (Å²) in [6.45, 7) is 0.830. The van der Waals surface area contributed by atoms with E-state index in [9.17, 15) is 4.57 Å². The molecule has 0 spiro atoms. The fourth-order valence-corrected chi connectivity index (χ4v) is 3.27. The SMILES string of the molecule is NCCCCCCCC/C=C\CCCCCCCCP(=O)(O)O. The van der Waals surface area contributed by atoms with Gasteiger partial charge < -0.3 is 15.5 Å². The van der Waals surface area contributed by atoms with E-state index >= 15 is 0 Å². The first-order chi connectivity index (χ1) is 11.1. The molecule has 0 amide bonds. The molecule has 0 aromatic carbocycles. The highest BCUT2D eigenvalue weighted by molar-refractivity contribution is 7.51. The summed E-state index contributed by atoms with van der Waals surface area (Å²) < 4.78 is 10.7. The van der Waals surface area contributed by atoms with Crippen molar-refractivity contribution in [1.82, 2.24) is 0 Å². The van der Waals surface area contributed by atoms with Crippen LogP contribution in [0.4, 0.5) is 0 Å². The first kappa shape index (κ1) is 22.9. The number of hydrogen-bond donors (Lipinski definition) is 3. The Bertz CT molecular complexity index is 315. The molecule has 0 aliphatic rings. The van der Waals surface area contributed by atoms with Gasteiger partial charge in [-0.2, -0.15) is 0 Å². The van der Waals surface area contributed by atoms with Gasteiger partial charge in [-0.3, -0.25) is 4.57 Å². The zero-order valence-corrected chi connectivity index (χ0v) is 15.7. The van der Waals surface area contributed by atoms with Crippen molar-refractivity contribution in [2.45, 2.75) is 89.9 Å². The van der Waals surface area contributed by atoms with Gasteiger partial charge in [-0.1, -0.05) is 63.5 Å². The van der Waals surface area contributed by atoms with Crippen molar-refractivity contribution in [2.75, 3.05) is 12.7 Å². The van der Waals surface area contributed by atoms with Crippen LogP contribution in [0.1, 0.15) is 89.9 Å². The summed E-state index contributed by atoms with van der Waals surface area (Å²) in [5.74, 6) is 0. The van der Waals surface area contributed by atoms with E-state index in [0.29, 0.717) is 6.42 Å². The van der Waals surface area contributed by atoms with E-state index in [1.165, 1.54) is 70.6 Å². The molecule has 4 N–H and O–H groups in total. The van der Waals surface area contributed by atoms with Crippen molar-refractivity contribution in [3.8, 4) is 0 Å². The van der Waals surface area contributed by atoms with Gasteiger partial charge in [-0.15, -0.1) is 0 Å². The Morgan fingerprint density at radius 3 is 1.48 bits per heavy atom. The lowest BCUT2D eigenvalue weighted by molar-refractivity contribution is 0.370. The van der Waals surface area contributed by atoms with Crippen LogP contribution in [0.25, 0.3) is 0 Å². The summed E-state index contributed by atoms with van der Waals surface area (Å²) in [6.07, 6.45) is 21.1. The molecule has 0 radical (unpaired) electrons. The van der Waals surface area contributed by atoms with Gasteiger partial charge >= 0.3 is 7.60 Å². The van der Waals surface area contributed by atoms with Crippen molar-refractivity contribution in [3.05, 3.63) is 12.2 Å². The largest absolute Gasteiger partial charge is 0.330 e. The summed E-state index contributed by atoms with van der Waals surface area (Å²) >= 11 is 0. The molecule has 0 rings (SSSR count). The minimum atomic E-state index is -3.77. The van der Waals surface area contributed by atoms with E-state index in [1.54, 1.807) is 0 Å². The second-order valence-electron chi connectivity index (χ2n) is 6.47. The van der Waals surface area contributed by atoms with Crippen LogP contribution in [-0.4, -0.2) is 22.5 Å². The quantitative estimate of drug-likeness (QED) is 0.193. The molecule has 5 heteroatoms. The van der Waals surface area contributed by atoms with Crippen LogP contribution in [0.3, 0.4) is 0 Å². The fourth-order valence-electron chi connectivity index (χ4n) is 2.64. The van der Waals surface area contributed by atoms with Crippen LogP contribution in [-0.2, 0) is 4.57 Å². The Morgan fingerprint density at radius 1 is 0.652 bits per heavy atom. The Labute approximate surface area is 143 Å². The minimum Gasteiger partial charge on any atom is -0.330 e. The average Bonchev–Trinajstić information content (AvgIpc) is 2.49. The molecule has 0 aliphatic heterocycles. The molecule has 23 heavy (non-hydrogen) atoms. The summed E-state index contributed by atoms with van der Waals surface area (Å²) in [5.41, 5.74) is 5.47. The van der Waals surface area contributed by atoms with Gasteiger partial charge in [0.25, 0.3) is 0 Å². The minimum absolute atomic E-state index is 0.0444. The third kappa shape index (κ3) is 21.9. The monoisotopic (exact) mass is 347 g/mol. The lowest BCUT2D eigenvalue weighted by Crippen LogP contribution is -1.97. The highest BCUT2D eigenvalue weighted by atomic mass is 31.2. The molecule has 0 saturated heterocycles. The lowest BCUT2D eigenvalue weighted by Gasteiger charge is -2.03. The number of allylic oxidation sites excluding steroid dienone is 2. The number of hydrogen-bond acceptors (Lipinski definition) is 2. The molecule has 0 aromatic rings. The Kier molecular flexibility index (Phi) is 16.6. The zero-order valence-electron chi connectivity index (χ0n) is 14.8. The molecule has 0 unspecified atom stereocenters. The van der Waals surface area contributed by atoms with Crippen LogP contribution in [0.2, 0.25) is 0 Å². The van der Waals surface area contributed by atoms with Crippen molar-refractivity contribution < 1.29 is 14.4 Å². The van der Waals surface area contributed by atoms with Gasteiger partial charge in [0.05, 0.1) is 0 Å². The van der Waals surface area contributed by atoms with Gasteiger partial charge in [0.1, 0.15) is 0 Å². The molecule has 0 fully saturated rings. The van der Waals surface area contributed by atoms with Gasteiger partial charge in [0.15, 0.2) is 0 Å². The van der Waals surface area contributed by atoms with Gasteiger partial charge in [0, 0.05) is 6.16 Å². The molecule has 138 valence electrons. The van der Waals surface area contributed by atoms with E-state index in [2.05, 4.69) is 12.2 Å². The molecule has 0 heterocycles. The van der Waals surface area contributed by atoms with Crippen LogP contribution < -0.4 is 5.73 Å². The molecule has 0 atom stereocenters. The Hall–Kier alpha value is -0.150. The predicted molar refractivity (Wildman–Crippen MR) is 99.7 cm³/mol. The number of rotatable bonds is 17. The van der Waals surface area contributed by atoms with Crippen molar-refractivity contribution in [3.63, 3.8) is 0 Å². The maximum absolute atomic E-state index is 10.7. The molecular weight excluding hydrogens is 309 g/mol. The van der Waals surface area contributed by atoms with Gasteiger partial charge in [-0.25, -0.2) is 0 Å². The smallest absolute Gasteiger partial charge is 0.325 e. The second kappa shape index (κ2) is 16.7. The van der Waals surface area contributed by atoms with E-state index in [4.69, 9.17) is 15.5 Å². The number of unbranched alkanes of at least 4 members (excludes halogenated alkanes) is 12. The van der Waals surface area contributed by atoms with Crippen LogP contribution >= 0.6 is 7.60 Å². The maximum Gasteiger partial charge on any atom is 0.325 e. The van der Waals surface area contributed by atoms with E-state index in [-0.39, 0.29) is 6.16 Å². The first-order valence-corrected chi connectivity index (χ1v) is 11.3. The summed E-state index contributed by atoms with van der Waals surface area (Å²) in [5, 5.41) is 0. The Morgan fingerprint density at radius 2 is 1.04 bits per heavy atom. The van der Waals surface area contributed by atoms with Crippen molar-refractivity contribution in [1.29, 1.82) is 0 Å². The molecule has 0 saturated carbocycles. The molecule has 0 aromatic heterocycles. The molecular formula is C18H38NO3P. The third-order valence-corrected chi connectivity index (χ3v) is 4.96. The molecule has 0 aliphatic carbocycles. The standard InChI is InChI=1S/C18H38NO3P/c19-17-15-13-11-9-7-5-3-1-2-4-6-8-10-12-14-16-18-23(20,21)22/h1-2H,3-19H2,(H2,20,21,22)/b2-1-. The Balaban J connectivity index is 3.13. The topological polar surface area (TPSA) is 83.6 Å². The predicted octanol–water partition coefficient (Wildman–Crippen LogP) is 5.14. The van der Waals surface area contributed by atoms with Crippen LogP contribution in [0, 0.1) is 0 Å². The summed E-state index contributed by atoms with van der Waals surface area (Å²) in [6, 6.07) is 0. The number of nitrogens with two attached hydrogens (primary N) is 1. The maximum atomic E-state index is 10.7. The molecule has 0 bridgehead atoms. The van der Waals surface area contributed by atoms with Gasteiger partial charge in [0.2, 0.25) is 0 Å². The lowest BCUT2D eigenvalue weighted by atomic mass is 10.1. The molecule has 4 nitrogen and oxygen atoms in total. The summed E-state index contributed by atoms with van der Waals surface area (Å²) in [4.78, 5) is 17.5. The second-order valence-corrected chi connectivity index (χ2v) is 8.24. The fraction of sp³-hybridized carbons (Fsp3) is 0.889. The van der Waals surface area contributed by atoms with Crippen LogP contribution in [0.15, 0.2) is 12.2 Å².